The van der Waals surface area contributed by atoms with Gasteiger partial charge in [0.05, 0.1) is 4.92 Å². The molecule has 1 aromatic rings. The van der Waals surface area contributed by atoms with Crippen LogP contribution in [-0.2, 0) is 9.63 Å². The molecule has 0 radical (unpaired) electrons. The minimum Gasteiger partial charge on any atom is -0.377 e. The molecule has 0 saturated heterocycles. The van der Waals surface area contributed by atoms with Crippen molar-refractivity contribution in [2.24, 2.45) is 5.16 Å². The Bertz CT molecular complexity index is 633. The van der Waals surface area contributed by atoms with Gasteiger partial charge in [0.25, 0.3) is 5.69 Å². The van der Waals surface area contributed by atoms with Crippen LogP contribution in [0.5, 0.6) is 0 Å². The Hall–Kier alpha value is -2.70. The van der Waals surface area contributed by atoms with E-state index in [1.54, 1.807) is 18.3 Å². The number of carbonyl (C=O) groups is 1. The molecule has 7 nitrogen and oxygen atoms in total. The molecule has 7 heteroatoms. The highest BCUT2D eigenvalue weighted by Gasteiger charge is 2.28. The van der Waals surface area contributed by atoms with Crippen molar-refractivity contribution in [3.8, 4) is 0 Å². The summed E-state index contributed by atoms with van der Waals surface area (Å²) < 4.78 is 0. The van der Waals surface area contributed by atoms with Crippen LogP contribution < -0.4 is 0 Å². The van der Waals surface area contributed by atoms with Crippen molar-refractivity contribution in [3.05, 3.63) is 51.7 Å². The molecule has 110 valence electrons. The minimum atomic E-state index is -0.552. The zero-order chi connectivity index (χ0) is 15.4. The van der Waals surface area contributed by atoms with E-state index in [0.29, 0.717) is 16.8 Å². The highest BCUT2D eigenvalue weighted by Crippen LogP contribution is 2.21. The van der Waals surface area contributed by atoms with Gasteiger partial charge in [-0.3, -0.25) is 10.1 Å². The van der Waals surface area contributed by atoms with E-state index in [4.69, 9.17) is 4.84 Å². The molecule has 0 amide bonds. The summed E-state index contributed by atoms with van der Waals surface area (Å²) in [6, 6.07) is 5.96. The summed E-state index contributed by atoms with van der Waals surface area (Å²) in [4.78, 5) is 28.7. The van der Waals surface area contributed by atoms with Crippen molar-refractivity contribution < 1.29 is 14.6 Å². The zero-order valence-corrected chi connectivity index (χ0v) is 11.8. The molecule has 1 aromatic carbocycles. The van der Waals surface area contributed by atoms with Crippen molar-refractivity contribution in [2.75, 3.05) is 13.1 Å². The van der Waals surface area contributed by atoms with Crippen molar-refractivity contribution in [1.82, 2.24) is 4.90 Å². The van der Waals surface area contributed by atoms with Gasteiger partial charge in [-0.15, -0.1) is 0 Å². The van der Waals surface area contributed by atoms with Gasteiger partial charge in [0.2, 0.25) is 0 Å². The molecule has 1 aliphatic heterocycles. The summed E-state index contributed by atoms with van der Waals surface area (Å²) in [6.07, 6.45) is 1.67. The van der Waals surface area contributed by atoms with Gasteiger partial charge in [-0.2, -0.15) is 0 Å². The number of nitrogens with zero attached hydrogens (tertiary/aromatic N) is 3. The first-order valence-corrected chi connectivity index (χ1v) is 6.57. The van der Waals surface area contributed by atoms with Crippen LogP contribution in [0, 0.1) is 10.1 Å². The van der Waals surface area contributed by atoms with Gasteiger partial charge in [0.15, 0.2) is 0 Å². The lowest BCUT2D eigenvalue weighted by atomic mass is 10.0. The Morgan fingerprint density at radius 1 is 1.38 bits per heavy atom. The predicted molar refractivity (Wildman–Crippen MR) is 76.7 cm³/mol. The molecule has 0 aliphatic carbocycles. The van der Waals surface area contributed by atoms with Crippen molar-refractivity contribution in [3.63, 3.8) is 0 Å². The lowest BCUT2D eigenvalue weighted by Gasteiger charge is -2.15. The zero-order valence-electron chi connectivity index (χ0n) is 11.8. The van der Waals surface area contributed by atoms with Crippen LogP contribution in [0.1, 0.15) is 19.4 Å². The van der Waals surface area contributed by atoms with Crippen LogP contribution >= 0.6 is 0 Å². The van der Waals surface area contributed by atoms with E-state index in [0.717, 1.165) is 13.1 Å². The largest absolute Gasteiger partial charge is 0.377 e. The number of oxime groups is 1. The molecule has 0 atom stereocenters. The highest BCUT2D eigenvalue weighted by atomic mass is 16.7. The maximum absolute atomic E-state index is 11.8. The topological polar surface area (TPSA) is 85.0 Å². The molecule has 1 aliphatic rings. The fourth-order valence-electron chi connectivity index (χ4n) is 1.96. The Labute approximate surface area is 121 Å². The van der Waals surface area contributed by atoms with Gasteiger partial charge in [-0.1, -0.05) is 17.3 Å². The summed E-state index contributed by atoms with van der Waals surface area (Å²) in [5.74, 6) is -0.552. The maximum atomic E-state index is 11.8. The quantitative estimate of drug-likeness (QED) is 0.358. The smallest absolute Gasteiger partial charge is 0.369 e. The van der Waals surface area contributed by atoms with Gasteiger partial charge < -0.3 is 9.74 Å². The van der Waals surface area contributed by atoms with Gasteiger partial charge in [-0.25, -0.2) is 4.79 Å². The van der Waals surface area contributed by atoms with Crippen LogP contribution in [0.3, 0.4) is 0 Å². The minimum absolute atomic E-state index is 0.0586. The maximum Gasteiger partial charge on any atom is 0.369 e. The summed E-state index contributed by atoms with van der Waals surface area (Å²) in [5.41, 5.74) is 1.04. The lowest BCUT2D eigenvalue weighted by Crippen LogP contribution is -2.19. The summed E-state index contributed by atoms with van der Waals surface area (Å²) in [6.45, 7) is 5.39. The second-order valence-electron chi connectivity index (χ2n) is 4.39. The number of nitro groups is 1. The third-order valence-electron chi connectivity index (χ3n) is 3.15. The molecule has 21 heavy (non-hydrogen) atoms. The number of carbonyl (C=O) groups excluding carboxylic acids is 1. The first kappa shape index (κ1) is 14.7. The molecule has 0 bridgehead atoms. The Balaban J connectivity index is 2.40. The second kappa shape index (κ2) is 6.17. The van der Waals surface area contributed by atoms with E-state index in [2.05, 4.69) is 5.16 Å². The monoisotopic (exact) mass is 289 g/mol. The molecule has 0 aromatic heterocycles. The number of benzene rings is 1. The van der Waals surface area contributed by atoms with E-state index < -0.39 is 10.9 Å². The summed E-state index contributed by atoms with van der Waals surface area (Å²) in [7, 11) is 0. The van der Waals surface area contributed by atoms with E-state index in [9.17, 15) is 14.9 Å². The number of nitro benzene ring substituents is 1. The van der Waals surface area contributed by atoms with E-state index in [-0.39, 0.29) is 5.69 Å². The van der Waals surface area contributed by atoms with Crippen LogP contribution in [0.4, 0.5) is 5.69 Å². The fourth-order valence-corrected chi connectivity index (χ4v) is 1.96. The van der Waals surface area contributed by atoms with Crippen molar-refractivity contribution in [1.29, 1.82) is 0 Å². The van der Waals surface area contributed by atoms with Crippen LogP contribution in [0.15, 0.2) is 41.2 Å². The van der Waals surface area contributed by atoms with Gasteiger partial charge in [-0.05, 0) is 13.8 Å². The molecule has 2 rings (SSSR count). The number of rotatable bonds is 5. The molecular formula is C14H15N3O4. The molecular weight excluding hydrogens is 274 g/mol. The Morgan fingerprint density at radius 3 is 2.71 bits per heavy atom. The Morgan fingerprint density at radius 2 is 2.10 bits per heavy atom. The van der Waals surface area contributed by atoms with Gasteiger partial charge in [0.1, 0.15) is 11.3 Å². The standard InChI is InChI=1S/C14H15N3O4/c1-3-16(4-2)9-12-13(15-21-14(12)18)10-6-5-7-11(8-10)17(19)20/h5-9H,3-4H2,1-2H3. The average molecular weight is 289 g/mol. The fraction of sp³-hybridized carbons (Fsp3) is 0.286. The van der Waals surface area contributed by atoms with Gasteiger partial charge in [0, 0.05) is 37.0 Å². The normalized spacial score (nSPS) is 15.8. The third-order valence-corrected chi connectivity index (χ3v) is 3.15. The first-order chi connectivity index (χ1) is 10.1. The number of hydrogen-bond acceptors (Lipinski definition) is 6. The molecule has 0 fully saturated rings. The van der Waals surface area contributed by atoms with Crippen LogP contribution in [0.2, 0.25) is 0 Å². The Kier molecular flexibility index (Phi) is 4.32. The molecule has 0 saturated carbocycles. The predicted octanol–water partition coefficient (Wildman–Crippen LogP) is 2.08. The van der Waals surface area contributed by atoms with E-state index in [1.165, 1.54) is 12.1 Å². The van der Waals surface area contributed by atoms with E-state index in [1.807, 2.05) is 18.7 Å². The number of hydrogen-bond donors (Lipinski definition) is 0. The van der Waals surface area contributed by atoms with Crippen molar-refractivity contribution >= 4 is 17.4 Å². The van der Waals surface area contributed by atoms with E-state index >= 15 is 0 Å². The SMILES string of the molecule is CCN(C=C1C(=O)ON=C1c1cccc([N+](=O)[O-])c1)CC. The summed E-state index contributed by atoms with van der Waals surface area (Å²) >= 11 is 0. The number of non-ortho nitro benzene ring substituents is 1. The van der Waals surface area contributed by atoms with Crippen LogP contribution in [0.25, 0.3) is 0 Å². The lowest BCUT2D eigenvalue weighted by molar-refractivity contribution is -0.384. The first-order valence-electron chi connectivity index (χ1n) is 6.57. The third kappa shape index (κ3) is 3.07. The van der Waals surface area contributed by atoms with Gasteiger partial charge >= 0.3 is 5.97 Å². The highest BCUT2D eigenvalue weighted by molar-refractivity contribution is 6.28. The molecule has 0 unspecified atom stereocenters. The second-order valence-corrected chi connectivity index (χ2v) is 4.39. The summed E-state index contributed by atoms with van der Waals surface area (Å²) in [5, 5.41) is 14.6. The average Bonchev–Trinajstić information content (AvgIpc) is 2.85. The molecule has 1 heterocycles. The molecule has 0 N–H and O–H groups in total. The van der Waals surface area contributed by atoms with Crippen molar-refractivity contribution in [2.45, 2.75) is 13.8 Å². The molecule has 0 spiro atoms. The van der Waals surface area contributed by atoms with Crippen LogP contribution in [-0.4, -0.2) is 34.6 Å².